The van der Waals surface area contributed by atoms with Crippen LogP contribution in [0.15, 0.2) is 42.6 Å². The average Bonchev–Trinajstić information content (AvgIpc) is 2.60. The third kappa shape index (κ3) is 4.98. The molecular weight excluding hydrogens is 310 g/mol. The normalized spacial score (nSPS) is 9.92. The van der Waals surface area contributed by atoms with Crippen LogP contribution < -0.4 is 20.1 Å². The van der Waals surface area contributed by atoms with Crippen LogP contribution in [0.4, 0.5) is 5.69 Å². The van der Waals surface area contributed by atoms with Crippen LogP contribution in [0.5, 0.6) is 11.5 Å². The summed E-state index contributed by atoms with van der Waals surface area (Å²) in [5.74, 6) is 0.226. The fraction of sp³-hybridized carbons (Fsp3) is 0.235. The van der Waals surface area contributed by atoms with E-state index in [4.69, 9.17) is 9.47 Å². The van der Waals surface area contributed by atoms with Crippen LogP contribution >= 0.6 is 0 Å². The summed E-state index contributed by atoms with van der Waals surface area (Å²) >= 11 is 0. The Hall–Kier alpha value is -3.09. The van der Waals surface area contributed by atoms with Crippen LogP contribution in [0.3, 0.4) is 0 Å². The number of ether oxygens (including phenoxy) is 2. The van der Waals surface area contributed by atoms with Gasteiger partial charge in [-0.3, -0.25) is 14.6 Å². The molecule has 0 saturated heterocycles. The van der Waals surface area contributed by atoms with E-state index in [2.05, 4.69) is 15.6 Å². The van der Waals surface area contributed by atoms with E-state index in [0.717, 1.165) is 5.69 Å². The van der Waals surface area contributed by atoms with E-state index in [-0.39, 0.29) is 18.9 Å². The lowest BCUT2D eigenvalue weighted by molar-refractivity contribution is -0.126. The molecule has 0 aliphatic carbocycles. The van der Waals surface area contributed by atoms with E-state index >= 15 is 0 Å². The molecule has 126 valence electrons. The van der Waals surface area contributed by atoms with Crippen LogP contribution in [0, 0.1) is 0 Å². The van der Waals surface area contributed by atoms with Crippen molar-refractivity contribution in [3.8, 4) is 11.5 Å². The fourth-order valence-corrected chi connectivity index (χ4v) is 2.01. The van der Waals surface area contributed by atoms with Gasteiger partial charge in [-0.2, -0.15) is 0 Å². The number of benzene rings is 1. The van der Waals surface area contributed by atoms with Gasteiger partial charge >= 0.3 is 0 Å². The van der Waals surface area contributed by atoms with Crippen LogP contribution in [0.25, 0.3) is 0 Å². The minimum Gasteiger partial charge on any atom is -0.497 e. The van der Waals surface area contributed by atoms with Gasteiger partial charge in [0.15, 0.2) is 0 Å². The number of methoxy groups -OCH3 is 2. The number of nitrogens with one attached hydrogen (secondary N) is 2. The molecule has 0 aliphatic rings. The summed E-state index contributed by atoms with van der Waals surface area (Å²) in [7, 11) is 3.02. The Morgan fingerprint density at radius 1 is 1.08 bits per heavy atom. The standard InChI is InChI=1S/C17H19N3O4/c1-23-13-6-7-15(24-2)14(9-13)20-17(22)10-16(21)19-11-12-5-3-4-8-18-12/h3-9H,10-11H2,1-2H3,(H,19,21)(H,20,22). The summed E-state index contributed by atoms with van der Waals surface area (Å²) < 4.78 is 10.3. The first kappa shape index (κ1) is 17.3. The van der Waals surface area contributed by atoms with Crippen molar-refractivity contribution in [2.24, 2.45) is 0 Å². The summed E-state index contributed by atoms with van der Waals surface area (Å²) in [5, 5.41) is 5.29. The van der Waals surface area contributed by atoms with E-state index < -0.39 is 5.91 Å². The quantitative estimate of drug-likeness (QED) is 0.755. The number of hydrogen-bond acceptors (Lipinski definition) is 5. The van der Waals surface area contributed by atoms with Crippen LogP contribution in [-0.2, 0) is 16.1 Å². The Labute approximate surface area is 140 Å². The van der Waals surface area contributed by atoms with Gasteiger partial charge in [-0.1, -0.05) is 6.07 Å². The first-order chi connectivity index (χ1) is 11.6. The van der Waals surface area contributed by atoms with Gasteiger partial charge in [0.2, 0.25) is 11.8 Å². The van der Waals surface area contributed by atoms with E-state index in [9.17, 15) is 9.59 Å². The van der Waals surface area contributed by atoms with Crippen molar-refractivity contribution in [1.29, 1.82) is 0 Å². The first-order valence-corrected chi connectivity index (χ1v) is 7.31. The van der Waals surface area contributed by atoms with Gasteiger partial charge in [-0.05, 0) is 24.3 Å². The number of carbonyl (C=O) groups excluding carboxylic acids is 2. The molecule has 2 N–H and O–H groups in total. The predicted octanol–water partition coefficient (Wildman–Crippen LogP) is 1.74. The molecule has 24 heavy (non-hydrogen) atoms. The Balaban J connectivity index is 1.89. The maximum atomic E-state index is 12.0. The molecule has 1 aromatic heterocycles. The molecule has 2 aromatic rings. The molecule has 7 heteroatoms. The Bertz CT molecular complexity index is 704. The lowest BCUT2D eigenvalue weighted by Crippen LogP contribution is -2.28. The van der Waals surface area contributed by atoms with Gasteiger partial charge in [-0.15, -0.1) is 0 Å². The summed E-state index contributed by atoms with van der Waals surface area (Å²) in [6.07, 6.45) is 1.34. The van der Waals surface area contributed by atoms with E-state index in [1.807, 2.05) is 6.07 Å². The van der Waals surface area contributed by atoms with Crippen LogP contribution in [-0.4, -0.2) is 31.0 Å². The highest BCUT2D eigenvalue weighted by atomic mass is 16.5. The highest BCUT2D eigenvalue weighted by molar-refractivity contribution is 6.04. The monoisotopic (exact) mass is 329 g/mol. The third-order valence-electron chi connectivity index (χ3n) is 3.19. The van der Waals surface area contributed by atoms with Crippen molar-refractivity contribution in [3.05, 3.63) is 48.3 Å². The molecule has 0 spiro atoms. The highest BCUT2D eigenvalue weighted by Gasteiger charge is 2.13. The first-order valence-electron chi connectivity index (χ1n) is 7.31. The van der Waals surface area contributed by atoms with Crippen molar-refractivity contribution in [2.45, 2.75) is 13.0 Å². The molecule has 0 fully saturated rings. The number of amides is 2. The lowest BCUT2D eigenvalue weighted by Gasteiger charge is -2.11. The molecule has 2 amide bonds. The fourth-order valence-electron chi connectivity index (χ4n) is 2.01. The number of hydrogen-bond donors (Lipinski definition) is 2. The summed E-state index contributed by atoms with van der Waals surface area (Å²) in [4.78, 5) is 28.0. The van der Waals surface area contributed by atoms with E-state index in [0.29, 0.717) is 17.2 Å². The topological polar surface area (TPSA) is 89.5 Å². The lowest BCUT2D eigenvalue weighted by atomic mass is 10.2. The molecule has 0 bridgehead atoms. The van der Waals surface area contributed by atoms with Crippen molar-refractivity contribution in [1.82, 2.24) is 10.3 Å². The van der Waals surface area contributed by atoms with Gasteiger partial charge in [0.05, 0.1) is 32.1 Å². The third-order valence-corrected chi connectivity index (χ3v) is 3.19. The molecule has 1 heterocycles. The van der Waals surface area contributed by atoms with Crippen molar-refractivity contribution in [2.75, 3.05) is 19.5 Å². The minimum atomic E-state index is -0.444. The molecule has 0 atom stereocenters. The maximum absolute atomic E-state index is 12.0. The zero-order valence-corrected chi connectivity index (χ0v) is 13.5. The van der Waals surface area contributed by atoms with Gasteiger partial charge in [0.1, 0.15) is 17.9 Å². The molecule has 2 rings (SSSR count). The average molecular weight is 329 g/mol. The van der Waals surface area contributed by atoms with Crippen molar-refractivity contribution < 1.29 is 19.1 Å². The SMILES string of the molecule is COc1ccc(OC)c(NC(=O)CC(=O)NCc2ccccn2)c1. The smallest absolute Gasteiger partial charge is 0.233 e. The zero-order chi connectivity index (χ0) is 17.4. The second-order valence-electron chi connectivity index (χ2n) is 4.89. The molecule has 0 aliphatic heterocycles. The highest BCUT2D eigenvalue weighted by Crippen LogP contribution is 2.28. The minimum absolute atomic E-state index is 0.273. The Morgan fingerprint density at radius 2 is 1.92 bits per heavy atom. The number of nitrogens with zero attached hydrogens (tertiary/aromatic N) is 1. The Morgan fingerprint density at radius 3 is 2.58 bits per heavy atom. The van der Waals surface area contributed by atoms with Gasteiger partial charge in [0.25, 0.3) is 0 Å². The molecule has 7 nitrogen and oxygen atoms in total. The molecule has 0 radical (unpaired) electrons. The molecule has 1 aromatic carbocycles. The number of pyridine rings is 1. The molecule has 0 unspecified atom stereocenters. The molecular formula is C17H19N3O4. The van der Waals surface area contributed by atoms with E-state index in [1.54, 1.807) is 36.5 Å². The number of rotatable bonds is 7. The van der Waals surface area contributed by atoms with Crippen molar-refractivity contribution >= 4 is 17.5 Å². The van der Waals surface area contributed by atoms with Gasteiger partial charge < -0.3 is 20.1 Å². The van der Waals surface area contributed by atoms with Gasteiger partial charge in [0, 0.05) is 12.3 Å². The number of carbonyl (C=O) groups is 2. The van der Waals surface area contributed by atoms with Gasteiger partial charge in [-0.25, -0.2) is 0 Å². The largest absolute Gasteiger partial charge is 0.497 e. The number of aromatic nitrogens is 1. The van der Waals surface area contributed by atoms with Crippen LogP contribution in [0.2, 0.25) is 0 Å². The summed E-state index contributed by atoms with van der Waals surface area (Å²) in [5.41, 5.74) is 1.17. The Kier molecular flexibility index (Phi) is 6.13. The van der Waals surface area contributed by atoms with E-state index in [1.165, 1.54) is 14.2 Å². The summed E-state index contributed by atoms with van der Waals surface area (Å²) in [6, 6.07) is 10.4. The summed E-state index contributed by atoms with van der Waals surface area (Å²) in [6.45, 7) is 0.273. The second-order valence-corrected chi connectivity index (χ2v) is 4.89. The maximum Gasteiger partial charge on any atom is 0.233 e. The number of anilines is 1. The second kappa shape index (κ2) is 8.52. The zero-order valence-electron chi connectivity index (χ0n) is 13.5. The van der Waals surface area contributed by atoms with Crippen molar-refractivity contribution in [3.63, 3.8) is 0 Å². The van der Waals surface area contributed by atoms with Crippen LogP contribution in [0.1, 0.15) is 12.1 Å². The predicted molar refractivity (Wildman–Crippen MR) is 88.9 cm³/mol. The molecule has 0 saturated carbocycles.